The first-order valence-corrected chi connectivity index (χ1v) is 9.19. The molecule has 0 heterocycles. The highest BCUT2D eigenvalue weighted by atomic mass is 35.5. The van der Waals surface area contributed by atoms with Crippen molar-refractivity contribution in [3.05, 3.63) is 58.6 Å². The van der Waals surface area contributed by atoms with Crippen molar-refractivity contribution in [2.24, 2.45) is 0 Å². The van der Waals surface area contributed by atoms with Gasteiger partial charge in [-0.1, -0.05) is 36.2 Å². The average molecular weight is 376 g/mol. The van der Waals surface area contributed by atoms with E-state index in [1.165, 1.54) is 5.56 Å². The molecule has 0 fully saturated rings. The van der Waals surface area contributed by atoms with E-state index in [4.69, 9.17) is 21.1 Å². The number of aryl methyl sites for hydroxylation is 2. The lowest BCUT2D eigenvalue weighted by Crippen LogP contribution is -2.44. The van der Waals surface area contributed by atoms with Gasteiger partial charge in [-0.25, -0.2) is 0 Å². The lowest BCUT2D eigenvalue weighted by atomic mass is 10.2. The molecule has 5 heteroatoms. The van der Waals surface area contributed by atoms with Gasteiger partial charge in [-0.2, -0.15) is 0 Å². The highest BCUT2D eigenvalue weighted by Gasteiger charge is 2.20. The van der Waals surface area contributed by atoms with Gasteiger partial charge in [0.05, 0.1) is 6.04 Å². The van der Waals surface area contributed by atoms with Gasteiger partial charge < -0.3 is 14.8 Å². The molecule has 0 bridgehead atoms. The van der Waals surface area contributed by atoms with Crippen LogP contribution in [0.5, 0.6) is 11.5 Å². The zero-order chi connectivity index (χ0) is 19.1. The van der Waals surface area contributed by atoms with Crippen LogP contribution in [0.25, 0.3) is 0 Å². The maximum absolute atomic E-state index is 12.5. The monoisotopic (exact) mass is 375 g/mol. The predicted octanol–water partition coefficient (Wildman–Crippen LogP) is 4.70. The molecule has 2 aromatic carbocycles. The first-order chi connectivity index (χ1) is 12.4. The molecule has 0 aromatic heterocycles. The third-order valence-corrected chi connectivity index (χ3v) is 4.40. The molecule has 0 saturated carbocycles. The Morgan fingerprint density at radius 2 is 1.77 bits per heavy atom. The quantitative estimate of drug-likeness (QED) is 0.727. The summed E-state index contributed by atoms with van der Waals surface area (Å²) in [5.74, 6) is 1.27. The van der Waals surface area contributed by atoms with Crippen molar-refractivity contribution >= 4 is 17.5 Å². The van der Waals surface area contributed by atoms with Gasteiger partial charge in [0, 0.05) is 5.02 Å². The molecule has 0 saturated heterocycles. The molecule has 2 unspecified atom stereocenters. The molecule has 2 rings (SSSR count). The molecule has 0 aliphatic carbocycles. The number of hydrogen-bond acceptors (Lipinski definition) is 3. The zero-order valence-electron chi connectivity index (χ0n) is 15.7. The van der Waals surface area contributed by atoms with E-state index in [1.54, 1.807) is 12.1 Å². The van der Waals surface area contributed by atoms with Crippen LogP contribution in [0.1, 0.15) is 31.4 Å². The highest BCUT2D eigenvalue weighted by Crippen LogP contribution is 2.22. The van der Waals surface area contributed by atoms with E-state index in [0.717, 1.165) is 11.3 Å². The second kappa shape index (κ2) is 9.48. The SMILES string of the molecule is CCC(Oc1ccc(Cl)c(C)c1)C(=O)NC(C)COc1ccc(C)cc1. The molecule has 2 atom stereocenters. The summed E-state index contributed by atoms with van der Waals surface area (Å²) in [5, 5.41) is 3.62. The predicted molar refractivity (Wildman–Crippen MR) is 105 cm³/mol. The first-order valence-electron chi connectivity index (χ1n) is 8.81. The van der Waals surface area contributed by atoms with Crippen molar-refractivity contribution < 1.29 is 14.3 Å². The van der Waals surface area contributed by atoms with Crippen LogP contribution in [0.3, 0.4) is 0 Å². The number of ether oxygens (including phenoxy) is 2. The second-order valence-corrected chi connectivity index (χ2v) is 6.87. The standard InChI is InChI=1S/C21H26ClNO3/c1-5-20(26-18-10-11-19(22)15(3)12-18)21(24)23-16(4)13-25-17-8-6-14(2)7-9-17/h6-12,16,20H,5,13H2,1-4H3,(H,23,24). The summed E-state index contributed by atoms with van der Waals surface area (Å²) in [6, 6.07) is 13.1. The first kappa shape index (κ1) is 20.1. The molecular weight excluding hydrogens is 350 g/mol. The van der Waals surface area contributed by atoms with Crippen molar-refractivity contribution in [1.82, 2.24) is 5.32 Å². The molecule has 1 amide bonds. The number of rotatable bonds is 8. The van der Waals surface area contributed by atoms with E-state index in [-0.39, 0.29) is 11.9 Å². The second-order valence-electron chi connectivity index (χ2n) is 6.46. The third-order valence-electron chi connectivity index (χ3n) is 3.98. The van der Waals surface area contributed by atoms with Gasteiger partial charge in [0.15, 0.2) is 6.10 Å². The van der Waals surface area contributed by atoms with Crippen LogP contribution in [0.4, 0.5) is 0 Å². The van der Waals surface area contributed by atoms with Gasteiger partial charge in [0.2, 0.25) is 0 Å². The average Bonchev–Trinajstić information content (AvgIpc) is 2.62. The maximum atomic E-state index is 12.5. The molecule has 4 nitrogen and oxygen atoms in total. The van der Waals surface area contributed by atoms with Gasteiger partial charge in [-0.05, 0) is 63.1 Å². The molecule has 26 heavy (non-hydrogen) atoms. The van der Waals surface area contributed by atoms with E-state index < -0.39 is 6.10 Å². The van der Waals surface area contributed by atoms with E-state index >= 15 is 0 Å². The van der Waals surface area contributed by atoms with Crippen LogP contribution in [0.15, 0.2) is 42.5 Å². The smallest absolute Gasteiger partial charge is 0.261 e. The molecule has 140 valence electrons. The Morgan fingerprint density at radius 3 is 2.38 bits per heavy atom. The normalized spacial score (nSPS) is 13.0. The van der Waals surface area contributed by atoms with Crippen molar-refractivity contribution in [2.75, 3.05) is 6.61 Å². The lowest BCUT2D eigenvalue weighted by molar-refractivity contribution is -0.128. The van der Waals surface area contributed by atoms with Crippen molar-refractivity contribution in [3.63, 3.8) is 0 Å². The van der Waals surface area contributed by atoms with Crippen molar-refractivity contribution in [3.8, 4) is 11.5 Å². The Hall–Kier alpha value is -2.20. The fourth-order valence-corrected chi connectivity index (χ4v) is 2.53. The van der Waals surface area contributed by atoms with Gasteiger partial charge in [-0.15, -0.1) is 0 Å². The Kier molecular flexibility index (Phi) is 7.34. The zero-order valence-corrected chi connectivity index (χ0v) is 16.5. The fraction of sp³-hybridized carbons (Fsp3) is 0.381. The molecular formula is C21H26ClNO3. The van der Waals surface area contributed by atoms with Crippen LogP contribution in [-0.2, 0) is 4.79 Å². The molecule has 2 aromatic rings. The Balaban J connectivity index is 1.86. The van der Waals surface area contributed by atoms with E-state index in [0.29, 0.717) is 23.8 Å². The van der Waals surface area contributed by atoms with Crippen LogP contribution < -0.4 is 14.8 Å². The number of nitrogens with one attached hydrogen (secondary N) is 1. The molecule has 0 aliphatic rings. The lowest BCUT2D eigenvalue weighted by Gasteiger charge is -2.21. The number of benzene rings is 2. The minimum atomic E-state index is -0.558. The maximum Gasteiger partial charge on any atom is 0.261 e. The van der Waals surface area contributed by atoms with E-state index in [9.17, 15) is 4.79 Å². The Bertz CT molecular complexity index is 731. The number of carbonyl (C=O) groups excluding carboxylic acids is 1. The molecule has 1 N–H and O–H groups in total. The van der Waals surface area contributed by atoms with Crippen molar-refractivity contribution in [1.29, 1.82) is 0 Å². The fourth-order valence-electron chi connectivity index (χ4n) is 2.41. The third kappa shape index (κ3) is 5.95. The summed E-state index contributed by atoms with van der Waals surface area (Å²) in [4.78, 5) is 12.5. The minimum absolute atomic E-state index is 0.131. The van der Waals surface area contributed by atoms with Gasteiger partial charge in [0.1, 0.15) is 18.1 Å². The minimum Gasteiger partial charge on any atom is -0.491 e. The number of hydrogen-bond donors (Lipinski definition) is 1. The Morgan fingerprint density at radius 1 is 1.12 bits per heavy atom. The Labute approximate surface area is 160 Å². The number of amides is 1. The van der Waals surface area contributed by atoms with Crippen LogP contribution >= 0.6 is 11.6 Å². The highest BCUT2D eigenvalue weighted by molar-refractivity contribution is 6.31. The van der Waals surface area contributed by atoms with Gasteiger partial charge in [0.25, 0.3) is 5.91 Å². The van der Waals surface area contributed by atoms with E-state index in [1.807, 2.05) is 58.0 Å². The molecule has 0 spiro atoms. The van der Waals surface area contributed by atoms with Crippen LogP contribution in [-0.4, -0.2) is 24.7 Å². The van der Waals surface area contributed by atoms with E-state index in [2.05, 4.69) is 5.32 Å². The molecule has 0 aliphatic heterocycles. The van der Waals surface area contributed by atoms with Crippen molar-refractivity contribution in [2.45, 2.75) is 46.3 Å². The summed E-state index contributed by atoms with van der Waals surface area (Å²) < 4.78 is 11.5. The summed E-state index contributed by atoms with van der Waals surface area (Å²) >= 11 is 6.03. The summed E-state index contributed by atoms with van der Waals surface area (Å²) in [5.41, 5.74) is 2.10. The summed E-state index contributed by atoms with van der Waals surface area (Å²) in [6.07, 6.45) is 0.0105. The molecule has 0 radical (unpaired) electrons. The largest absolute Gasteiger partial charge is 0.491 e. The summed E-state index contributed by atoms with van der Waals surface area (Å²) in [6.45, 7) is 8.15. The van der Waals surface area contributed by atoms with Gasteiger partial charge >= 0.3 is 0 Å². The topological polar surface area (TPSA) is 47.6 Å². The van der Waals surface area contributed by atoms with Crippen LogP contribution in [0, 0.1) is 13.8 Å². The van der Waals surface area contributed by atoms with Crippen LogP contribution in [0.2, 0.25) is 5.02 Å². The van der Waals surface area contributed by atoms with Gasteiger partial charge in [-0.3, -0.25) is 4.79 Å². The number of halogens is 1. The summed E-state index contributed by atoms with van der Waals surface area (Å²) in [7, 11) is 0. The number of carbonyl (C=O) groups is 1.